The molecule has 1 aliphatic rings. The van der Waals surface area contributed by atoms with E-state index in [-0.39, 0.29) is 25.4 Å². The van der Waals surface area contributed by atoms with Gasteiger partial charge in [-0.05, 0) is 79.3 Å². The van der Waals surface area contributed by atoms with Crippen LogP contribution in [-0.4, -0.2) is 104 Å². The first-order valence-electron chi connectivity index (χ1n) is 21.6. The molecule has 1 aliphatic heterocycles. The van der Waals surface area contributed by atoms with Gasteiger partial charge in [0, 0.05) is 30.9 Å². The molecule has 0 unspecified atom stereocenters. The van der Waals surface area contributed by atoms with Gasteiger partial charge in [0.1, 0.15) is 17.7 Å². The van der Waals surface area contributed by atoms with Gasteiger partial charge in [-0.2, -0.15) is 0 Å². The average molecular weight is 864 g/mol. The van der Waals surface area contributed by atoms with Crippen LogP contribution < -0.4 is 16.0 Å². The van der Waals surface area contributed by atoms with E-state index in [1.54, 1.807) is 48.0 Å². The van der Waals surface area contributed by atoms with Crippen LogP contribution in [0.25, 0.3) is 11.3 Å². The number of pyridine rings is 2. The molecule has 1 fully saturated rings. The Morgan fingerprint density at radius 3 is 2.03 bits per heavy atom. The Bertz CT molecular complexity index is 2150. The van der Waals surface area contributed by atoms with E-state index in [0.717, 1.165) is 22.4 Å². The number of benzene rings is 2. The van der Waals surface area contributed by atoms with E-state index >= 15 is 0 Å². The zero-order valence-electron chi connectivity index (χ0n) is 38.1. The van der Waals surface area contributed by atoms with Crippen molar-refractivity contribution in [3.05, 3.63) is 120 Å². The molecule has 2 aromatic carbocycles. The summed E-state index contributed by atoms with van der Waals surface area (Å²) in [5.74, 6) is -0.869. The van der Waals surface area contributed by atoms with Gasteiger partial charge in [0.25, 0.3) is 0 Å². The van der Waals surface area contributed by atoms with Crippen molar-refractivity contribution in [2.45, 2.75) is 117 Å². The van der Waals surface area contributed by atoms with Crippen molar-refractivity contribution < 1.29 is 34.1 Å². The fourth-order valence-corrected chi connectivity index (χ4v) is 7.92. The maximum absolute atomic E-state index is 14.7. The molecule has 5 amide bonds. The maximum Gasteiger partial charge on any atom is 0.407 e. The number of ether oxygens (including phenoxy) is 1. The van der Waals surface area contributed by atoms with Crippen molar-refractivity contribution in [2.24, 2.45) is 10.8 Å². The molecule has 0 spiro atoms. The summed E-state index contributed by atoms with van der Waals surface area (Å²) in [6.45, 7) is 15.4. The third-order valence-corrected chi connectivity index (χ3v) is 11.2. The van der Waals surface area contributed by atoms with E-state index in [2.05, 4.69) is 25.9 Å². The largest absolute Gasteiger partial charge is 0.453 e. The van der Waals surface area contributed by atoms with Crippen molar-refractivity contribution in [3.8, 4) is 11.3 Å². The smallest absolute Gasteiger partial charge is 0.407 e. The first kappa shape index (κ1) is 48.2. The highest BCUT2D eigenvalue weighted by atomic mass is 16.5. The van der Waals surface area contributed by atoms with Crippen LogP contribution in [0.4, 0.5) is 9.59 Å². The molecular formula is C49H65N7O7. The number of rotatable bonds is 17. The van der Waals surface area contributed by atoms with E-state index < -0.39 is 64.6 Å². The minimum Gasteiger partial charge on any atom is -0.453 e. The molecule has 2 aromatic heterocycles. The molecule has 338 valence electrons. The first-order chi connectivity index (χ1) is 29.6. The number of hydrogen-bond donors (Lipinski definition) is 5. The highest BCUT2D eigenvalue weighted by Crippen LogP contribution is 2.30. The third-order valence-electron chi connectivity index (χ3n) is 11.2. The number of alkyl carbamates (subject to hydrolysis) is 1. The lowest BCUT2D eigenvalue weighted by atomic mass is 9.84. The quantitative estimate of drug-likeness (QED) is 0.0850. The van der Waals surface area contributed by atoms with E-state index in [9.17, 15) is 29.4 Å². The van der Waals surface area contributed by atoms with Crippen LogP contribution >= 0.6 is 0 Å². The zero-order valence-corrected chi connectivity index (χ0v) is 38.1. The van der Waals surface area contributed by atoms with Gasteiger partial charge < -0.3 is 40.7 Å². The van der Waals surface area contributed by atoms with Gasteiger partial charge in [0.05, 0.1) is 42.9 Å². The standard InChI is InChI=1S/C49H65N7O7/c1-47(2,3)41(54-45(60)63-9)43(58)52-36(28-33-21-23-34(24-22-33)37-19-13-14-25-50-37)30-39(57)38(29-32-16-11-10-12-17-32)53-44(59)42(48(4,5)6)56-27-26-55(46(56)61)31-35-18-15-20-40(51-35)49(7,8)62/h10-25,36,38-39,41-42,57,62H,26-31H2,1-9H3,(H,52,58)(H,53,59)(H,54,60)/t36-,38-,39-,41+,42+/m0/s1. The van der Waals surface area contributed by atoms with E-state index in [0.29, 0.717) is 30.9 Å². The van der Waals surface area contributed by atoms with Crippen LogP contribution in [0.2, 0.25) is 0 Å². The number of urea groups is 1. The summed E-state index contributed by atoms with van der Waals surface area (Å²) in [5, 5.41) is 31.7. The van der Waals surface area contributed by atoms with Crippen molar-refractivity contribution in [3.63, 3.8) is 0 Å². The number of amides is 5. The number of carbonyl (C=O) groups is 4. The molecule has 1 saturated heterocycles. The Kier molecular flexibility index (Phi) is 15.7. The molecule has 4 aromatic rings. The Morgan fingerprint density at radius 1 is 0.762 bits per heavy atom. The fraction of sp³-hybridized carbons (Fsp3) is 0.469. The predicted octanol–water partition coefficient (Wildman–Crippen LogP) is 6.00. The molecular weight excluding hydrogens is 799 g/mol. The number of aliphatic hydroxyl groups is 2. The van der Waals surface area contributed by atoms with Crippen LogP contribution in [-0.2, 0) is 39.3 Å². The molecule has 5 N–H and O–H groups in total. The second-order valence-corrected chi connectivity index (χ2v) is 19.1. The second-order valence-electron chi connectivity index (χ2n) is 19.1. The van der Waals surface area contributed by atoms with Crippen molar-refractivity contribution in [2.75, 3.05) is 20.2 Å². The van der Waals surface area contributed by atoms with Gasteiger partial charge in [0.15, 0.2) is 0 Å². The van der Waals surface area contributed by atoms with E-state index in [1.165, 1.54) is 7.11 Å². The van der Waals surface area contributed by atoms with Crippen molar-refractivity contribution in [1.29, 1.82) is 0 Å². The number of nitrogens with zero attached hydrogens (tertiary/aromatic N) is 4. The molecule has 0 radical (unpaired) electrons. The number of hydrogen-bond acceptors (Lipinski definition) is 9. The molecule has 0 saturated carbocycles. The van der Waals surface area contributed by atoms with Gasteiger partial charge in [0.2, 0.25) is 11.8 Å². The number of methoxy groups -OCH3 is 1. The Hall–Kier alpha value is -5.86. The lowest BCUT2D eigenvalue weighted by Gasteiger charge is -2.38. The summed E-state index contributed by atoms with van der Waals surface area (Å²) in [4.78, 5) is 67.5. The minimum absolute atomic E-state index is 0.0356. The SMILES string of the molecule is COC(=O)N[C@H](C(=O)N[C@@H](Cc1ccc(-c2ccccn2)cc1)C[C@H](O)[C@H](Cc1ccccc1)NC(=O)[C@@H](N1CCN(Cc2cccc(C(C)(C)O)n2)C1=O)C(C)(C)C)C(C)(C)C. The number of aliphatic hydroxyl groups excluding tert-OH is 1. The van der Waals surface area contributed by atoms with Gasteiger partial charge in [-0.3, -0.25) is 19.6 Å². The second kappa shape index (κ2) is 20.5. The molecule has 14 heteroatoms. The lowest BCUT2D eigenvalue weighted by Crippen LogP contribution is -2.59. The van der Waals surface area contributed by atoms with Crippen LogP contribution in [0.3, 0.4) is 0 Å². The van der Waals surface area contributed by atoms with Gasteiger partial charge >= 0.3 is 12.1 Å². The van der Waals surface area contributed by atoms with Crippen molar-refractivity contribution in [1.82, 2.24) is 35.7 Å². The fourth-order valence-electron chi connectivity index (χ4n) is 7.92. The summed E-state index contributed by atoms with van der Waals surface area (Å²) in [6, 6.07) is 24.7. The number of carbonyl (C=O) groups excluding carboxylic acids is 4. The highest BCUT2D eigenvalue weighted by Gasteiger charge is 2.44. The highest BCUT2D eigenvalue weighted by molar-refractivity contribution is 5.89. The topological polar surface area (TPSA) is 186 Å². The minimum atomic E-state index is -1.17. The molecule has 0 aliphatic carbocycles. The first-order valence-corrected chi connectivity index (χ1v) is 21.6. The van der Waals surface area contributed by atoms with E-state index in [1.807, 2.05) is 114 Å². The molecule has 63 heavy (non-hydrogen) atoms. The zero-order chi connectivity index (χ0) is 46.1. The van der Waals surface area contributed by atoms with Crippen LogP contribution in [0, 0.1) is 10.8 Å². The molecule has 0 bridgehead atoms. The molecule has 14 nitrogen and oxygen atoms in total. The molecule has 3 heterocycles. The monoisotopic (exact) mass is 863 g/mol. The summed E-state index contributed by atoms with van der Waals surface area (Å²) < 4.78 is 4.84. The maximum atomic E-state index is 14.7. The summed E-state index contributed by atoms with van der Waals surface area (Å²) >= 11 is 0. The normalized spacial score (nSPS) is 15.8. The molecule has 5 rings (SSSR count). The van der Waals surface area contributed by atoms with Gasteiger partial charge in [-0.15, -0.1) is 0 Å². The predicted molar refractivity (Wildman–Crippen MR) is 242 cm³/mol. The lowest BCUT2D eigenvalue weighted by molar-refractivity contribution is -0.131. The third kappa shape index (κ3) is 13.3. The van der Waals surface area contributed by atoms with Gasteiger partial charge in [-0.25, -0.2) is 9.59 Å². The number of aromatic nitrogens is 2. The Morgan fingerprint density at radius 2 is 1.43 bits per heavy atom. The average Bonchev–Trinajstić information content (AvgIpc) is 3.56. The van der Waals surface area contributed by atoms with Crippen molar-refractivity contribution >= 4 is 23.9 Å². The Balaban J connectivity index is 1.41. The number of nitrogens with one attached hydrogen (secondary N) is 3. The summed E-state index contributed by atoms with van der Waals surface area (Å²) in [6.07, 6.45) is 0.435. The summed E-state index contributed by atoms with van der Waals surface area (Å²) in [7, 11) is 1.23. The van der Waals surface area contributed by atoms with Crippen LogP contribution in [0.1, 0.15) is 84.3 Å². The Labute approximate surface area is 371 Å². The molecule has 5 atom stereocenters. The van der Waals surface area contributed by atoms with Gasteiger partial charge in [-0.1, -0.05) is 108 Å². The van der Waals surface area contributed by atoms with E-state index in [4.69, 9.17) is 4.74 Å². The van der Waals surface area contributed by atoms with Crippen LogP contribution in [0.15, 0.2) is 97.2 Å². The van der Waals surface area contributed by atoms with Crippen LogP contribution in [0.5, 0.6) is 0 Å². The summed E-state index contributed by atoms with van der Waals surface area (Å²) in [5.41, 5.74) is 2.05.